The van der Waals surface area contributed by atoms with E-state index in [1.165, 1.54) is 6.07 Å². The number of ether oxygens (including phenoxy) is 1. The van der Waals surface area contributed by atoms with Crippen LogP contribution in [0, 0.1) is 5.92 Å². The SMILES string of the molecule is COc1cc(C(C)(C)Cc2cc(Cl)cc(C(F)(F)F)c2)cc(CC(C)C)n1. The van der Waals surface area contributed by atoms with Crippen molar-refractivity contribution in [2.45, 2.75) is 52.1 Å². The first-order chi connectivity index (χ1) is 12.4. The van der Waals surface area contributed by atoms with Gasteiger partial charge in [0, 0.05) is 16.8 Å². The van der Waals surface area contributed by atoms with Crippen LogP contribution in [-0.4, -0.2) is 12.1 Å². The lowest BCUT2D eigenvalue weighted by molar-refractivity contribution is -0.137. The Morgan fingerprint density at radius 2 is 1.70 bits per heavy atom. The number of benzene rings is 1. The molecule has 0 saturated heterocycles. The van der Waals surface area contributed by atoms with Gasteiger partial charge in [0.15, 0.2) is 0 Å². The monoisotopic (exact) mass is 399 g/mol. The molecule has 2 rings (SSSR count). The first-order valence-electron chi connectivity index (χ1n) is 8.83. The van der Waals surface area contributed by atoms with Crippen LogP contribution >= 0.6 is 11.6 Å². The van der Waals surface area contributed by atoms with Crippen molar-refractivity contribution in [3.63, 3.8) is 0 Å². The summed E-state index contributed by atoms with van der Waals surface area (Å²) in [7, 11) is 1.56. The fourth-order valence-corrected chi connectivity index (χ4v) is 3.36. The van der Waals surface area contributed by atoms with Crippen molar-refractivity contribution >= 4 is 11.6 Å². The van der Waals surface area contributed by atoms with Crippen molar-refractivity contribution in [1.82, 2.24) is 4.98 Å². The molecule has 0 atom stereocenters. The van der Waals surface area contributed by atoms with Crippen LogP contribution in [0.4, 0.5) is 13.2 Å². The molecule has 148 valence electrons. The fourth-order valence-electron chi connectivity index (χ4n) is 3.11. The van der Waals surface area contributed by atoms with Gasteiger partial charge >= 0.3 is 6.18 Å². The van der Waals surface area contributed by atoms with E-state index in [9.17, 15) is 13.2 Å². The van der Waals surface area contributed by atoms with E-state index in [2.05, 4.69) is 18.8 Å². The molecule has 6 heteroatoms. The summed E-state index contributed by atoms with van der Waals surface area (Å²) in [6.45, 7) is 8.21. The number of rotatable bonds is 6. The van der Waals surface area contributed by atoms with Crippen LogP contribution in [0.25, 0.3) is 0 Å². The lowest BCUT2D eigenvalue weighted by atomic mass is 9.79. The second-order valence-electron chi connectivity index (χ2n) is 7.89. The quantitative estimate of drug-likeness (QED) is 0.554. The maximum atomic E-state index is 13.1. The number of hydrogen-bond donors (Lipinski definition) is 0. The van der Waals surface area contributed by atoms with Crippen molar-refractivity contribution in [2.75, 3.05) is 7.11 Å². The van der Waals surface area contributed by atoms with Crippen LogP contribution < -0.4 is 4.74 Å². The van der Waals surface area contributed by atoms with Gasteiger partial charge in [-0.2, -0.15) is 13.2 Å². The molecule has 1 aromatic heterocycles. The zero-order valence-electron chi connectivity index (χ0n) is 16.2. The highest BCUT2D eigenvalue weighted by Gasteiger charge is 2.32. The molecule has 0 aliphatic carbocycles. The lowest BCUT2D eigenvalue weighted by Crippen LogP contribution is -2.22. The third-order valence-electron chi connectivity index (χ3n) is 4.39. The largest absolute Gasteiger partial charge is 0.481 e. The van der Waals surface area contributed by atoms with Gasteiger partial charge in [0.25, 0.3) is 0 Å². The predicted octanol–water partition coefficient (Wildman–Crippen LogP) is 6.48. The molecule has 0 bridgehead atoms. The minimum atomic E-state index is -4.42. The molecule has 0 aliphatic heterocycles. The second-order valence-corrected chi connectivity index (χ2v) is 8.33. The van der Waals surface area contributed by atoms with Crippen LogP contribution in [-0.2, 0) is 24.4 Å². The molecule has 0 spiro atoms. The highest BCUT2D eigenvalue weighted by atomic mass is 35.5. The number of halogens is 4. The third kappa shape index (κ3) is 5.86. The van der Waals surface area contributed by atoms with Gasteiger partial charge in [-0.1, -0.05) is 39.3 Å². The van der Waals surface area contributed by atoms with Crippen molar-refractivity contribution in [3.8, 4) is 5.88 Å². The summed E-state index contributed by atoms with van der Waals surface area (Å²) in [5.41, 5.74) is 1.28. The first-order valence-corrected chi connectivity index (χ1v) is 9.20. The molecule has 0 radical (unpaired) electrons. The molecule has 1 aromatic carbocycles. The van der Waals surface area contributed by atoms with Crippen LogP contribution in [0.15, 0.2) is 30.3 Å². The Morgan fingerprint density at radius 3 is 2.26 bits per heavy atom. The topological polar surface area (TPSA) is 22.1 Å². The highest BCUT2D eigenvalue weighted by molar-refractivity contribution is 6.30. The number of pyridine rings is 1. The molecule has 0 aliphatic rings. The van der Waals surface area contributed by atoms with E-state index in [0.29, 0.717) is 23.8 Å². The zero-order chi connectivity index (χ0) is 20.4. The summed E-state index contributed by atoms with van der Waals surface area (Å²) in [5, 5.41) is 0.0865. The Labute approximate surface area is 163 Å². The van der Waals surface area contributed by atoms with Gasteiger partial charge in [0.2, 0.25) is 5.88 Å². The molecule has 2 aromatic rings. The van der Waals surface area contributed by atoms with Crippen molar-refractivity contribution in [3.05, 3.63) is 57.7 Å². The van der Waals surface area contributed by atoms with Crippen LogP contribution in [0.3, 0.4) is 0 Å². The molecule has 1 heterocycles. The summed E-state index contributed by atoms with van der Waals surface area (Å²) in [4.78, 5) is 4.48. The van der Waals surface area contributed by atoms with E-state index in [-0.39, 0.29) is 5.02 Å². The Bertz CT molecular complexity index is 800. The maximum absolute atomic E-state index is 13.1. The summed E-state index contributed by atoms with van der Waals surface area (Å²) in [6.07, 6.45) is -3.21. The highest BCUT2D eigenvalue weighted by Crippen LogP contribution is 2.35. The summed E-state index contributed by atoms with van der Waals surface area (Å²) >= 11 is 5.93. The standard InChI is InChI=1S/C21H25ClF3NO/c1-13(2)6-18-10-15(11-19(26-18)27-5)20(3,4)12-14-7-16(21(23,24)25)9-17(22)8-14/h7-11,13H,6,12H2,1-5H3. The van der Waals surface area contributed by atoms with Gasteiger partial charge in [-0.3, -0.25) is 0 Å². The predicted molar refractivity (Wildman–Crippen MR) is 103 cm³/mol. The third-order valence-corrected chi connectivity index (χ3v) is 4.61. The van der Waals surface area contributed by atoms with E-state index in [0.717, 1.165) is 23.7 Å². The Morgan fingerprint density at radius 1 is 1.04 bits per heavy atom. The minimum Gasteiger partial charge on any atom is -0.481 e. The van der Waals surface area contributed by atoms with Gasteiger partial charge in [-0.05, 0) is 59.6 Å². The normalized spacial score (nSPS) is 12.5. The van der Waals surface area contributed by atoms with Crippen molar-refractivity contribution in [2.24, 2.45) is 5.92 Å². The van der Waals surface area contributed by atoms with Crippen LogP contribution in [0.1, 0.15) is 50.1 Å². The van der Waals surface area contributed by atoms with Gasteiger partial charge in [0.05, 0.1) is 12.7 Å². The lowest BCUT2D eigenvalue weighted by Gasteiger charge is -2.27. The molecule has 0 unspecified atom stereocenters. The molecular formula is C21H25ClF3NO. The molecule has 2 nitrogen and oxygen atoms in total. The first kappa shape index (κ1) is 21.5. The smallest absolute Gasteiger partial charge is 0.416 e. The molecule has 27 heavy (non-hydrogen) atoms. The maximum Gasteiger partial charge on any atom is 0.416 e. The number of alkyl halides is 3. The van der Waals surface area contributed by atoms with E-state index in [1.807, 2.05) is 26.0 Å². The number of methoxy groups -OCH3 is 1. The van der Waals surface area contributed by atoms with Gasteiger partial charge in [-0.15, -0.1) is 0 Å². The molecular weight excluding hydrogens is 375 g/mol. The van der Waals surface area contributed by atoms with E-state index in [4.69, 9.17) is 16.3 Å². The fraction of sp³-hybridized carbons (Fsp3) is 0.476. The molecule has 0 amide bonds. The van der Waals surface area contributed by atoms with Gasteiger partial charge in [-0.25, -0.2) is 4.98 Å². The van der Waals surface area contributed by atoms with E-state index in [1.54, 1.807) is 13.2 Å². The molecule has 0 fully saturated rings. The number of nitrogens with zero attached hydrogens (tertiary/aromatic N) is 1. The van der Waals surface area contributed by atoms with Gasteiger partial charge < -0.3 is 4.74 Å². The second kappa shape index (κ2) is 8.09. The number of hydrogen-bond acceptors (Lipinski definition) is 2. The molecule has 0 N–H and O–H groups in total. The summed E-state index contributed by atoms with van der Waals surface area (Å²) < 4.78 is 44.6. The Kier molecular flexibility index (Phi) is 6.46. The van der Waals surface area contributed by atoms with Crippen LogP contribution in [0.2, 0.25) is 5.02 Å². The van der Waals surface area contributed by atoms with Crippen molar-refractivity contribution in [1.29, 1.82) is 0 Å². The molecule has 0 saturated carbocycles. The summed E-state index contributed by atoms with van der Waals surface area (Å²) in [5.74, 6) is 0.946. The average molecular weight is 400 g/mol. The Hall–Kier alpha value is -1.75. The van der Waals surface area contributed by atoms with Crippen LogP contribution in [0.5, 0.6) is 5.88 Å². The van der Waals surface area contributed by atoms with Crippen molar-refractivity contribution < 1.29 is 17.9 Å². The number of aromatic nitrogens is 1. The zero-order valence-corrected chi connectivity index (χ0v) is 17.0. The van der Waals surface area contributed by atoms with E-state index < -0.39 is 17.2 Å². The van der Waals surface area contributed by atoms with E-state index >= 15 is 0 Å². The Balaban J connectivity index is 2.40. The average Bonchev–Trinajstić information content (AvgIpc) is 2.52. The minimum absolute atomic E-state index is 0.0865. The van der Waals surface area contributed by atoms with Gasteiger partial charge in [0.1, 0.15) is 0 Å². The summed E-state index contributed by atoms with van der Waals surface area (Å²) in [6, 6.07) is 7.57.